The first-order chi connectivity index (χ1) is 14.8. The molecule has 1 aliphatic heterocycles. The van der Waals surface area contributed by atoms with Gasteiger partial charge in [-0.15, -0.1) is 0 Å². The minimum Gasteiger partial charge on any atom is -0.508 e. The number of β-lactam (4-membered cyclic amide) rings is 1. The fraction of sp³-hybridized carbons (Fsp3) is 0.208. The average Bonchev–Trinajstić information content (AvgIpc) is 2.74. The molecule has 3 atom stereocenters. The Morgan fingerprint density at radius 1 is 0.903 bits per heavy atom. The number of hydrogen-bond donors (Lipinski definition) is 3. The number of hydrogen-bond acceptors (Lipinski definition) is 4. The highest BCUT2D eigenvalue weighted by Gasteiger charge is 2.49. The standard InChI is InChI=1S/C24H21F2NO4/c25-15-3-1-14(2-4-15)21(29)12-11-20-23(19-10-9-18(28)13-22(19)30)27(24(20)31)17-7-5-16(26)6-8-17/h1-10,13,20-21,23,28-30H,11-12H2/t20-,21+,23-/m1/s1. The van der Waals surface area contributed by atoms with Crippen LogP contribution in [0.25, 0.3) is 0 Å². The SMILES string of the molecule is O=C1[C@H](CC[C@H](O)c2ccc(F)cc2)[C@@H](c2ccc(O)cc2O)N1c1ccc(F)cc1. The van der Waals surface area contributed by atoms with Crippen LogP contribution in [0.15, 0.2) is 66.7 Å². The van der Waals surface area contributed by atoms with Crippen molar-refractivity contribution >= 4 is 11.6 Å². The Morgan fingerprint density at radius 2 is 1.52 bits per heavy atom. The molecule has 0 saturated carbocycles. The molecule has 0 aromatic heterocycles. The Morgan fingerprint density at radius 3 is 2.13 bits per heavy atom. The van der Waals surface area contributed by atoms with Gasteiger partial charge in [0, 0.05) is 17.3 Å². The van der Waals surface area contributed by atoms with Gasteiger partial charge in [0.1, 0.15) is 23.1 Å². The van der Waals surface area contributed by atoms with E-state index in [1.54, 1.807) is 6.07 Å². The third-order valence-corrected chi connectivity index (χ3v) is 5.66. The summed E-state index contributed by atoms with van der Waals surface area (Å²) in [6.45, 7) is 0. The molecule has 1 amide bonds. The molecule has 1 heterocycles. The number of anilines is 1. The maximum absolute atomic E-state index is 13.3. The van der Waals surface area contributed by atoms with E-state index in [1.165, 1.54) is 65.6 Å². The molecule has 3 aromatic carbocycles. The first-order valence-corrected chi connectivity index (χ1v) is 9.89. The van der Waals surface area contributed by atoms with Crippen LogP contribution in [0.4, 0.5) is 14.5 Å². The number of aromatic hydroxyl groups is 2. The van der Waals surface area contributed by atoms with Gasteiger partial charge in [-0.05, 0) is 66.9 Å². The molecule has 0 aliphatic carbocycles. The van der Waals surface area contributed by atoms with E-state index >= 15 is 0 Å². The van der Waals surface area contributed by atoms with E-state index in [1.807, 2.05) is 0 Å². The van der Waals surface area contributed by atoms with Gasteiger partial charge in [-0.2, -0.15) is 0 Å². The van der Waals surface area contributed by atoms with E-state index in [0.717, 1.165) is 0 Å². The van der Waals surface area contributed by atoms with E-state index in [0.29, 0.717) is 23.2 Å². The fourth-order valence-corrected chi connectivity index (χ4v) is 4.05. The van der Waals surface area contributed by atoms with Gasteiger partial charge in [0.05, 0.1) is 18.1 Å². The van der Waals surface area contributed by atoms with Crippen molar-refractivity contribution in [2.24, 2.45) is 5.92 Å². The molecular formula is C24H21F2NO4. The predicted molar refractivity (Wildman–Crippen MR) is 110 cm³/mol. The summed E-state index contributed by atoms with van der Waals surface area (Å²) in [4.78, 5) is 14.4. The van der Waals surface area contributed by atoms with Crippen LogP contribution in [0.5, 0.6) is 11.5 Å². The topological polar surface area (TPSA) is 81.0 Å². The number of aliphatic hydroxyl groups excluding tert-OH is 1. The van der Waals surface area contributed by atoms with Crippen LogP contribution in [-0.4, -0.2) is 21.2 Å². The summed E-state index contributed by atoms with van der Waals surface area (Å²) in [5, 5.41) is 30.5. The van der Waals surface area contributed by atoms with E-state index < -0.39 is 29.7 Å². The van der Waals surface area contributed by atoms with Crippen molar-refractivity contribution in [2.45, 2.75) is 25.0 Å². The lowest BCUT2D eigenvalue weighted by atomic mass is 9.78. The van der Waals surface area contributed by atoms with Gasteiger partial charge in [-0.3, -0.25) is 4.79 Å². The second-order valence-electron chi connectivity index (χ2n) is 7.62. The van der Waals surface area contributed by atoms with Crippen molar-refractivity contribution in [3.8, 4) is 11.5 Å². The lowest BCUT2D eigenvalue weighted by Crippen LogP contribution is -2.55. The van der Waals surface area contributed by atoms with Gasteiger partial charge in [0.25, 0.3) is 0 Å². The van der Waals surface area contributed by atoms with Crippen molar-refractivity contribution in [3.05, 3.63) is 89.5 Å². The van der Waals surface area contributed by atoms with Crippen LogP contribution in [0.3, 0.4) is 0 Å². The molecule has 160 valence electrons. The first-order valence-electron chi connectivity index (χ1n) is 9.89. The summed E-state index contributed by atoms with van der Waals surface area (Å²) < 4.78 is 26.5. The van der Waals surface area contributed by atoms with Crippen molar-refractivity contribution in [1.82, 2.24) is 0 Å². The first kappa shape index (κ1) is 20.8. The fourth-order valence-electron chi connectivity index (χ4n) is 4.05. The number of phenolic OH excluding ortho intramolecular Hbond substituents is 2. The molecule has 1 fully saturated rings. The molecule has 0 unspecified atom stereocenters. The molecule has 7 heteroatoms. The Bertz CT molecular complexity index is 1090. The van der Waals surface area contributed by atoms with E-state index in [9.17, 15) is 28.9 Å². The molecule has 3 N–H and O–H groups in total. The zero-order valence-electron chi connectivity index (χ0n) is 16.5. The number of carbonyl (C=O) groups is 1. The summed E-state index contributed by atoms with van der Waals surface area (Å²) in [6, 6.07) is 14.6. The molecule has 1 aliphatic rings. The summed E-state index contributed by atoms with van der Waals surface area (Å²) in [5.41, 5.74) is 1.48. The highest BCUT2D eigenvalue weighted by atomic mass is 19.1. The largest absolute Gasteiger partial charge is 0.508 e. The number of amides is 1. The predicted octanol–water partition coefficient (Wildman–Crippen LogP) is 4.59. The third kappa shape index (κ3) is 4.09. The van der Waals surface area contributed by atoms with Crippen LogP contribution in [0.1, 0.15) is 36.1 Å². The zero-order chi connectivity index (χ0) is 22.1. The van der Waals surface area contributed by atoms with Crippen molar-refractivity contribution in [3.63, 3.8) is 0 Å². The van der Waals surface area contributed by atoms with Gasteiger partial charge in [-0.25, -0.2) is 8.78 Å². The van der Waals surface area contributed by atoms with Crippen molar-refractivity contribution in [2.75, 3.05) is 4.90 Å². The molecule has 4 rings (SSSR count). The third-order valence-electron chi connectivity index (χ3n) is 5.66. The summed E-state index contributed by atoms with van der Waals surface area (Å²) in [7, 11) is 0. The number of nitrogens with zero attached hydrogens (tertiary/aromatic N) is 1. The maximum atomic E-state index is 13.3. The molecule has 1 saturated heterocycles. The van der Waals surface area contributed by atoms with Crippen molar-refractivity contribution < 1.29 is 28.9 Å². The highest BCUT2D eigenvalue weighted by molar-refractivity contribution is 6.03. The number of benzene rings is 3. The lowest BCUT2D eigenvalue weighted by Gasteiger charge is -2.48. The Labute approximate surface area is 177 Å². The maximum Gasteiger partial charge on any atom is 0.233 e. The minimum atomic E-state index is -0.873. The smallest absolute Gasteiger partial charge is 0.233 e. The zero-order valence-corrected chi connectivity index (χ0v) is 16.5. The number of rotatable bonds is 6. The molecule has 5 nitrogen and oxygen atoms in total. The number of halogens is 2. The van der Waals surface area contributed by atoms with E-state index in [4.69, 9.17) is 0 Å². The Hall–Kier alpha value is -3.45. The highest BCUT2D eigenvalue weighted by Crippen LogP contribution is 2.48. The van der Waals surface area contributed by atoms with Crippen LogP contribution in [-0.2, 0) is 4.79 Å². The normalized spacial score (nSPS) is 19.2. The summed E-state index contributed by atoms with van der Waals surface area (Å²) in [6.07, 6.45) is -0.295. The van der Waals surface area contributed by atoms with Crippen LogP contribution in [0.2, 0.25) is 0 Å². The van der Waals surface area contributed by atoms with Crippen LogP contribution >= 0.6 is 0 Å². The van der Waals surface area contributed by atoms with Gasteiger partial charge in [0.2, 0.25) is 5.91 Å². The second-order valence-corrected chi connectivity index (χ2v) is 7.62. The van der Waals surface area contributed by atoms with Gasteiger partial charge in [-0.1, -0.05) is 12.1 Å². The molecule has 0 spiro atoms. The molecular weight excluding hydrogens is 404 g/mol. The molecule has 31 heavy (non-hydrogen) atoms. The molecule has 0 radical (unpaired) electrons. The van der Waals surface area contributed by atoms with Crippen LogP contribution < -0.4 is 4.90 Å². The average molecular weight is 425 g/mol. The van der Waals surface area contributed by atoms with Gasteiger partial charge in [0.15, 0.2) is 0 Å². The minimum absolute atomic E-state index is 0.108. The van der Waals surface area contributed by atoms with Crippen molar-refractivity contribution in [1.29, 1.82) is 0 Å². The quantitative estimate of drug-likeness (QED) is 0.505. The molecule has 3 aromatic rings. The number of carbonyl (C=O) groups excluding carboxylic acids is 1. The second kappa shape index (κ2) is 8.35. The van der Waals surface area contributed by atoms with Crippen LogP contribution in [0, 0.1) is 17.6 Å². The monoisotopic (exact) mass is 425 g/mol. The van der Waals surface area contributed by atoms with Gasteiger partial charge >= 0.3 is 0 Å². The Kier molecular flexibility index (Phi) is 5.61. The number of phenols is 2. The van der Waals surface area contributed by atoms with Gasteiger partial charge < -0.3 is 20.2 Å². The number of aliphatic hydroxyl groups is 1. The summed E-state index contributed by atoms with van der Waals surface area (Å²) in [5.74, 6) is -1.84. The summed E-state index contributed by atoms with van der Waals surface area (Å²) >= 11 is 0. The Balaban J connectivity index is 1.59. The van der Waals surface area contributed by atoms with E-state index in [-0.39, 0.29) is 23.8 Å². The van der Waals surface area contributed by atoms with E-state index in [2.05, 4.69) is 0 Å². The molecule has 0 bridgehead atoms. The lowest BCUT2D eigenvalue weighted by molar-refractivity contribution is -0.131.